The summed E-state index contributed by atoms with van der Waals surface area (Å²) in [5.41, 5.74) is 6.01. The van der Waals surface area contributed by atoms with Gasteiger partial charge in [-0.1, -0.05) is 84.0 Å². The Balaban J connectivity index is 1.59. The quantitative estimate of drug-likeness (QED) is 0.242. The molecule has 1 N–H and O–H groups in total. The summed E-state index contributed by atoms with van der Waals surface area (Å²) in [6.07, 6.45) is 1.71. The maximum absolute atomic E-state index is 11.8. The molecular formula is C36H35N3O2. The number of aromatic nitrogens is 3. The lowest BCUT2D eigenvalue weighted by molar-refractivity contribution is 0.442. The van der Waals surface area contributed by atoms with Crippen molar-refractivity contribution in [2.45, 2.75) is 52.4 Å². The molecule has 41 heavy (non-hydrogen) atoms. The van der Waals surface area contributed by atoms with Crippen LogP contribution in [0.25, 0.3) is 38.9 Å². The highest BCUT2D eigenvalue weighted by atomic mass is 16.5. The summed E-state index contributed by atoms with van der Waals surface area (Å²) in [4.78, 5) is 9.49. The van der Waals surface area contributed by atoms with Crippen molar-refractivity contribution in [3.8, 4) is 34.3 Å². The summed E-state index contributed by atoms with van der Waals surface area (Å²) in [6, 6.07) is 30.2. The molecule has 0 aliphatic carbocycles. The molecule has 5 nitrogen and oxygen atoms in total. The average molecular weight is 542 g/mol. The van der Waals surface area contributed by atoms with Crippen LogP contribution >= 0.6 is 0 Å². The third-order valence-electron chi connectivity index (χ3n) is 7.52. The summed E-state index contributed by atoms with van der Waals surface area (Å²) >= 11 is 0. The van der Waals surface area contributed by atoms with E-state index in [9.17, 15) is 5.11 Å². The molecule has 5 heteroatoms. The van der Waals surface area contributed by atoms with E-state index in [0.717, 1.165) is 50.0 Å². The van der Waals surface area contributed by atoms with Crippen LogP contribution in [0.4, 0.5) is 0 Å². The second-order valence-electron chi connectivity index (χ2n) is 12.6. The molecule has 0 atom stereocenters. The summed E-state index contributed by atoms with van der Waals surface area (Å²) < 4.78 is 8.11. The first kappa shape index (κ1) is 26.6. The Morgan fingerprint density at radius 2 is 1.51 bits per heavy atom. The Kier molecular flexibility index (Phi) is 6.33. The largest absolute Gasteiger partial charge is 0.505 e. The molecule has 6 rings (SSSR count). The van der Waals surface area contributed by atoms with E-state index in [4.69, 9.17) is 9.72 Å². The Hall–Kier alpha value is -4.64. The molecule has 0 spiro atoms. The van der Waals surface area contributed by atoms with Gasteiger partial charge in [0.15, 0.2) is 0 Å². The summed E-state index contributed by atoms with van der Waals surface area (Å²) in [6.45, 7) is 13.0. The fourth-order valence-corrected chi connectivity index (χ4v) is 5.29. The van der Waals surface area contributed by atoms with Crippen LogP contribution in [-0.4, -0.2) is 19.6 Å². The van der Waals surface area contributed by atoms with E-state index in [1.165, 1.54) is 0 Å². The lowest BCUT2D eigenvalue weighted by Crippen LogP contribution is -2.18. The predicted molar refractivity (Wildman–Crippen MR) is 167 cm³/mol. The Morgan fingerprint density at radius 3 is 2.24 bits per heavy atom. The first-order chi connectivity index (χ1) is 19.5. The molecule has 0 saturated heterocycles. The minimum Gasteiger partial charge on any atom is -0.505 e. The monoisotopic (exact) mass is 541 g/mol. The van der Waals surface area contributed by atoms with Crippen LogP contribution in [0.2, 0.25) is 0 Å². The third-order valence-corrected chi connectivity index (χ3v) is 7.52. The number of nitrogens with zero attached hydrogens (tertiary/aromatic N) is 3. The van der Waals surface area contributed by atoms with Crippen LogP contribution in [0.3, 0.4) is 0 Å². The van der Waals surface area contributed by atoms with Crippen molar-refractivity contribution in [2.24, 2.45) is 0 Å². The van der Waals surface area contributed by atoms with E-state index in [1.54, 1.807) is 6.20 Å². The van der Waals surface area contributed by atoms with Gasteiger partial charge in [0.25, 0.3) is 0 Å². The number of benzene rings is 3. The highest BCUT2D eigenvalue weighted by Crippen LogP contribution is 2.42. The van der Waals surface area contributed by atoms with Crippen LogP contribution in [0.5, 0.6) is 17.4 Å². The Labute approximate surface area is 241 Å². The zero-order valence-corrected chi connectivity index (χ0v) is 24.4. The first-order valence-electron chi connectivity index (χ1n) is 14.0. The highest BCUT2D eigenvalue weighted by Gasteiger charge is 2.27. The van der Waals surface area contributed by atoms with Gasteiger partial charge in [0, 0.05) is 34.2 Å². The maximum atomic E-state index is 11.8. The number of ether oxygens (including phenoxy) is 1. The predicted octanol–water partition coefficient (Wildman–Crippen LogP) is 9.33. The second-order valence-corrected chi connectivity index (χ2v) is 12.6. The molecule has 6 aromatic rings. The van der Waals surface area contributed by atoms with Crippen LogP contribution in [-0.2, 0) is 10.8 Å². The van der Waals surface area contributed by atoms with E-state index in [0.29, 0.717) is 11.6 Å². The number of aromatic hydroxyl groups is 1. The van der Waals surface area contributed by atoms with Crippen LogP contribution in [0, 0.1) is 0 Å². The Morgan fingerprint density at radius 1 is 0.732 bits per heavy atom. The lowest BCUT2D eigenvalue weighted by Gasteiger charge is -2.28. The topological polar surface area (TPSA) is 60.2 Å². The van der Waals surface area contributed by atoms with Crippen molar-refractivity contribution in [1.82, 2.24) is 14.5 Å². The van der Waals surface area contributed by atoms with Crippen molar-refractivity contribution in [3.63, 3.8) is 0 Å². The molecule has 3 aromatic carbocycles. The fourth-order valence-electron chi connectivity index (χ4n) is 5.29. The van der Waals surface area contributed by atoms with Gasteiger partial charge in [-0.15, -0.1) is 0 Å². The van der Waals surface area contributed by atoms with Gasteiger partial charge in [0.1, 0.15) is 17.1 Å². The standard InChI is InChI=1S/C36H35N3O2/c1-35(2,3)24-21-28(36(4,5)6)33(40)31(22-24)39-30-15-8-7-14-26(30)27-17-18-29(38-34(27)39)23-12-11-13-25(20-23)41-32-16-9-10-19-37-32/h7-22,40H,1-6H3. The molecule has 0 aliphatic rings. The van der Waals surface area contributed by atoms with Crippen LogP contribution < -0.4 is 4.74 Å². The molecular weight excluding hydrogens is 506 g/mol. The van der Waals surface area contributed by atoms with Gasteiger partial charge in [-0.05, 0) is 58.9 Å². The SMILES string of the molecule is CC(C)(C)c1cc(-n2c3ccccc3c3ccc(-c4cccc(Oc5ccccn5)c4)nc32)c(O)c(C(C)(C)C)c1. The molecule has 0 amide bonds. The lowest BCUT2D eigenvalue weighted by atomic mass is 9.79. The minimum absolute atomic E-state index is 0.103. The van der Waals surface area contributed by atoms with Gasteiger partial charge in [-0.3, -0.25) is 4.57 Å². The molecule has 3 heterocycles. The van der Waals surface area contributed by atoms with Gasteiger partial charge in [-0.2, -0.15) is 0 Å². The zero-order chi connectivity index (χ0) is 28.9. The van der Waals surface area contributed by atoms with Crippen molar-refractivity contribution in [3.05, 3.63) is 108 Å². The normalized spacial score (nSPS) is 12.2. The average Bonchev–Trinajstić information content (AvgIpc) is 3.26. The molecule has 0 unspecified atom stereocenters. The van der Waals surface area contributed by atoms with Gasteiger partial charge in [-0.25, -0.2) is 9.97 Å². The van der Waals surface area contributed by atoms with Crippen LogP contribution in [0.15, 0.2) is 97.2 Å². The van der Waals surface area contributed by atoms with Crippen molar-refractivity contribution in [2.75, 3.05) is 0 Å². The number of hydrogen-bond acceptors (Lipinski definition) is 4. The maximum Gasteiger partial charge on any atom is 0.219 e. The van der Waals surface area contributed by atoms with Crippen molar-refractivity contribution < 1.29 is 9.84 Å². The van der Waals surface area contributed by atoms with Crippen LogP contribution in [0.1, 0.15) is 52.7 Å². The van der Waals surface area contributed by atoms with E-state index < -0.39 is 0 Å². The van der Waals surface area contributed by atoms with E-state index >= 15 is 0 Å². The van der Waals surface area contributed by atoms with E-state index in [-0.39, 0.29) is 16.6 Å². The Bertz CT molecular complexity index is 1890. The number of para-hydroxylation sites is 1. The molecule has 0 saturated carbocycles. The third kappa shape index (κ3) is 4.93. The molecule has 3 aromatic heterocycles. The summed E-state index contributed by atoms with van der Waals surface area (Å²) in [5, 5.41) is 13.9. The van der Waals surface area contributed by atoms with Gasteiger partial charge in [0.2, 0.25) is 5.88 Å². The number of phenols is 1. The number of phenolic OH excluding ortho intramolecular Hbond substituents is 1. The first-order valence-corrected chi connectivity index (χ1v) is 14.0. The molecule has 206 valence electrons. The van der Waals surface area contributed by atoms with Gasteiger partial charge in [0.05, 0.1) is 16.9 Å². The highest BCUT2D eigenvalue weighted by molar-refractivity contribution is 6.08. The zero-order valence-electron chi connectivity index (χ0n) is 24.4. The van der Waals surface area contributed by atoms with Crippen molar-refractivity contribution >= 4 is 21.9 Å². The molecule has 0 aliphatic heterocycles. The van der Waals surface area contributed by atoms with Gasteiger partial charge < -0.3 is 9.84 Å². The minimum atomic E-state index is -0.245. The fraction of sp³-hybridized carbons (Fsp3) is 0.222. The number of fused-ring (bicyclic) bond motifs is 3. The number of hydrogen-bond donors (Lipinski definition) is 1. The molecule has 0 bridgehead atoms. The summed E-state index contributed by atoms with van der Waals surface area (Å²) in [5.74, 6) is 1.51. The number of rotatable bonds is 4. The molecule has 0 radical (unpaired) electrons. The van der Waals surface area contributed by atoms with E-state index in [1.807, 2.05) is 60.7 Å². The number of pyridine rings is 2. The second kappa shape index (κ2) is 9.77. The molecule has 0 fully saturated rings. The van der Waals surface area contributed by atoms with Gasteiger partial charge >= 0.3 is 0 Å². The van der Waals surface area contributed by atoms with Crippen molar-refractivity contribution in [1.29, 1.82) is 0 Å². The van der Waals surface area contributed by atoms with E-state index in [2.05, 4.69) is 81.4 Å². The summed E-state index contributed by atoms with van der Waals surface area (Å²) in [7, 11) is 0. The smallest absolute Gasteiger partial charge is 0.219 e.